The number of fused-ring (bicyclic) bond motifs is 1. The van der Waals surface area contributed by atoms with Crippen molar-refractivity contribution in [2.24, 2.45) is 0 Å². The van der Waals surface area contributed by atoms with Crippen molar-refractivity contribution in [3.63, 3.8) is 0 Å². The number of phenolic OH excluding ortho intramolecular Hbond substituents is 1. The van der Waals surface area contributed by atoms with Crippen molar-refractivity contribution in [3.8, 4) is 11.5 Å². The molecule has 1 aromatic heterocycles. The Balaban J connectivity index is 1.76. The van der Waals surface area contributed by atoms with Crippen LogP contribution in [0.15, 0.2) is 58.9 Å². The highest BCUT2D eigenvalue weighted by Crippen LogP contribution is 2.39. The highest BCUT2D eigenvalue weighted by atomic mass is 32.2. The molecule has 1 amide bonds. The SMILES string of the molecule is CCCCSc1nc2n(n1)C(c1ccc(O)c(OC)c1)C(C(=O)Nc1cccc(C)c1)=C(C)N2. The van der Waals surface area contributed by atoms with Gasteiger partial charge in [-0.05, 0) is 55.7 Å². The number of aromatic hydroxyl groups is 1. The highest BCUT2D eigenvalue weighted by molar-refractivity contribution is 7.99. The van der Waals surface area contributed by atoms with E-state index in [4.69, 9.17) is 9.84 Å². The van der Waals surface area contributed by atoms with Gasteiger partial charge >= 0.3 is 0 Å². The predicted octanol–water partition coefficient (Wildman–Crippen LogP) is 5.12. The first-order valence-corrected chi connectivity index (χ1v) is 12.2. The van der Waals surface area contributed by atoms with Crippen LogP contribution >= 0.6 is 11.8 Å². The maximum Gasteiger partial charge on any atom is 0.255 e. The lowest BCUT2D eigenvalue weighted by molar-refractivity contribution is -0.113. The van der Waals surface area contributed by atoms with E-state index in [9.17, 15) is 9.90 Å². The fourth-order valence-corrected chi connectivity index (χ4v) is 4.80. The number of benzene rings is 2. The molecule has 1 aliphatic heterocycles. The van der Waals surface area contributed by atoms with Gasteiger partial charge < -0.3 is 20.5 Å². The molecule has 0 bridgehead atoms. The summed E-state index contributed by atoms with van der Waals surface area (Å²) in [6.45, 7) is 5.99. The summed E-state index contributed by atoms with van der Waals surface area (Å²) in [5, 5.41) is 21.8. The van der Waals surface area contributed by atoms with E-state index >= 15 is 0 Å². The van der Waals surface area contributed by atoms with Gasteiger partial charge in [0.15, 0.2) is 11.5 Å². The third kappa shape index (κ3) is 4.89. The van der Waals surface area contributed by atoms with Crippen LogP contribution in [0.25, 0.3) is 0 Å². The topological polar surface area (TPSA) is 101 Å². The van der Waals surface area contributed by atoms with Crippen molar-refractivity contribution in [2.75, 3.05) is 23.5 Å². The molecule has 3 aromatic rings. The minimum Gasteiger partial charge on any atom is -0.504 e. The van der Waals surface area contributed by atoms with Gasteiger partial charge in [-0.3, -0.25) is 4.79 Å². The van der Waals surface area contributed by atoms with Crippen LogP contribution in [-0.2, 0) is 4.79 Å². The summed E-state index contributed by atoms with van der Waals surface area (Å²) in [7, 11) is 1.50. The molecule has 0 spiro atoms. The molecular weight excluding hydrogens is 450 g/mol. The highest BCUT2D eigenvalue weighted by Gasteiger charge is 2.35. The Morgan fingerprint density at radius 3 is 2.82 bits per heavy atom. The fraction of sp³-hybridized carbons (Fsp3) is 0.320. The number of aromatic nitrogens is 3. The summed E-state index contributed by atoms with van der Waals surface area (Å²) in [6.07, 6.45) is 2.17. The van der Waals surface area contributed by atoms with Crippen LogP contribution in [0.3, 0.4) is 0 Å². The first-order valence-electron chi connectivity index (χ1n) is 11.2. The van der Waals surface area contributed by atoms with Gasteiger partial charge in [0.05, 0.1) is 12.7 Å². The van der Waals surface area contributed by atoms with Crippen molar-refractivity contribution < 1.29 is 14.6 Å². The van der Waals surface area contributed by atoms with Crippen LogP contribution in [0, 0.1) is 6.92 Å². The van der Waals surface area contributed by atoms with Crippen molar-refractivity contribution in [1.82, 2.24) is 14.8 Å². The first-order chi connectivity index (χ1) is 16.4. The summed E-state index contributed by atoms with van der Waals surface area (Å²) in [5.74, 6) is 1.60. The second-order valence-electron chi connectivity index (χ2n) is 8.19. The smallest absolute Gasteiger partial charge is 0.255 e. The zero-order chi connectivity index (χ0) is 24.2. The van der Waals surface area contributed by atoms with Gasteiger partial charge in [-0.1, -0.05) is 43.3 Å². The minimum atomic E-state index is -0.552. The summed E-state index contributed by atoms with van der Waals surface area (Å²) >= 11 is 1.59. The summed E-state index contributed by atoms with van der Waals surface area (Å²) in [6, 6.07) is 12.2. The van der Waals surface area contributed by atoms with E-state index in [0.717, 1.165) is 29.7 Å². The van der Waals surface area contributed by atoms with E-state index in [-0.39, 0.29) is 11.7 Å². The maximum atomic E-state index is 13.6. The van der Waals surface area contributed by atoms with E-state index < -0.39 is 6.04 Å². The largest absolute Gasteiger partial charge is 0.504 e. The number of hydrogen-bond donors (Lipinski definition) is 3. The maximum absolute atomic E-state index is 13.6. The number of carbonyl (C=O) groups is 1. The number of nitrogens with zero attached hydrogens (tertiary/aromatic N) is 3. The van der Waals surface area contributed by atoms with E-state index in [1.54, 1.807) is 34.6 Å². The number of aryl methyl sites for hydroxylation is 1. The average Bonchev–Trinajstić information content (AvgIpc) is 3.21. The number of ether oxygens (including phenoxy) is 1. The van der Waals surface area contributed by atoms with Gasteiger partial charge in [-0.25, -0.2) is 4.68 Å². The van der Waals surface area contributed by atoms with Gasteiger partial charge in [-0.15, -0.1) is 5.10 Å². The van der Waals surface area contributed by atoms with E-state index in [2.05, 4.69) is 22.5 Å². The lowest BCUT2D eigenvalue weighted by Gasteiger charge is -2.29. The van der Waals surface area contributed by atoms with E-state index in [0.29, 0.717) is 33.8 Å². The van der Waals surface area contributed by atoms with E-state index in [1.165, 1.54) is 7.11 Å². The molecule has 34 heavy (non-hydrogen) atoms. The predicted molar refractivity (Wildman–Crippen MR) is 135 cm³/mol. The van der Waals surface area contributed by atoms with Crippen molar-refractivity contribution in [1.29, 1.82) is 0 Å². The quantitative estimate of drug-likeness (QED) is 0.304. The van der Waals surface area contributed by atoms with Crippen LogP contribution in [0.4, 0.5) is 11.6 Å². The molecule has 4 rings (SSSR count). The Kier molecular flexibility index (Phi) is 7.12. The molecule has 2 heterocycles. The molecule has 3 N–H and O–H groups in total. The van der Waals surface area contributed by atoms with Gasteiger partial charge in [0, 0.05) is 17.1 Å². The normalized spacial score (nSPS) is 15.0. The lowest BCUT2D eigenvalue weighted by atomic mass is 9.94. The standard InChI is InChI=1S/C25H29N5O3S/c1-5-6-12-34-25-28-24-26-16(3)21(23(32)27-18-9-7-8-15(2)13-18)22(30(24)29-25)17-10-11-19(31)20(14-17)33-4/h7-11,13-14,22,31H,5-6,12H2,1-4H3,(H,27,32)(H,26,28,29). The van der Waals surface area contributed by atoms with Gasteiger partial charge in [-0.2, -0.15) is 4.98 Å². The lowest BCUT2D eigenvalue weighted by Crippen LogP contribution is -2.31. The Bertz CT molecular complexity index is 1240. The number of unbranched alkanes of at least 4 members (excludes halogenated alkanes) is 1. The molecule has 0 saturated heterocycles. The number of allylic oxidation sites excluding steroid dienone is 1. The fourth-order valence-electron chi connectivity index (χ4n) is 3.89. The second kappa shape index (κ2) is 10.2. The molecule has 0 aliphatic carbocycles. The van der Waals surface area contributed by atoms with Crippen molar-refractivity contribution in [2.45, 2.75) is 44.8 Å². The average molecular weight is 480 g/mol. The number of anilines is 2. The first kappa shape index (κ1) is 23.7. The number of methoxy groups -OCH3 is 1. The number of phenols is 1. The Labute approximate surface area is 203 Å². The molecular formula is C25H29N5O3S. The van der Waals surface area contributed by atoms with Crippen LogP contribution < -0.4 is 15.4 Å². The number of nitrogens with one attached hydrogen (secondary N) is 2. The number of rotatable bonds is 8. The number of hydrogen-bond acceptors (Lipinski definition) is 7. The number of carbonyl (C=O) groups excluding carboxylic acids is 1. The van der Waals surface area contributed by atoms with Crippen LogP contribution in [0.2, 0.25) is 0 Å². The van der Waals surface area contributed by atoms with Crippen LogP contribution in [0.5, 0.6) is 11.5 Å². The Morgan fingerprint density at radius 2 is 2.09 bits per heavy atom. The minimum absolute atomic E-state index is 0.0290. The number of amides is 1. The molecule has 8 nitrogen and oxygen atoms in total. The van der Waals surface area contributed by atoms with Crippen LogP contribution in [-0.4, -0.2) is 38.6 Å². The molecule has 0 fully saturated rings. The third-order valence-corrected chi connectivity index (χ3v) is 6.53. The zero-order valence-electron chi connectivity index (χ0n) is 19.8. The van der Waals surface area contributed by atoms with Crippen LogP contribution in [0.1, 0.15) is 43.9 Å². The Morgan fingerprint density at radius 1 is 1.26 bits per heavy atom. The van der Waals surface area contributed by atoms with E-state index in [1.807, 2.05) is 38.1 Å². The molecule has 0 saturated carbocycles. The van der Waals surface area contributed by atoms with Gasteiger partial charge in [0.2, 0.25) is 11.1 Å². The van der Waals surface area contributed by atoms with Gasteiger partial charge in [0.25, 0.3) is 5.91 Å². The van der Waals surface area contributed by atoms with Crippen molar-refractivity contribution >= 4 is 29.3 Å². The monoisotopic (exact) mass is 479 g/mol. The molecule has 9 heteroatoms. The molecule has 1 atom stereocenters. The third-order valence-electron chi connectivity index (χ3n) is 5.60. The second-order valence-corrected chi connectivity index (χ2v) is 9.25. The number of thioether (sulfide) groups is 1. The summed E-state index contributed by atoms with van der Waals surface area (Å²) in [4.78, 5) is 18.2. The summed E-state index contributed by atoms with van der Waals surface area (Å²) in [5.41, 5.74) is 3.72. The molecule has 2 aromatic carbocycles. The van der Waals surface area contributed by atoms with Crippen molar-refractivity contribution in [3.05, 3.63) is 64.9 Å². The molecule has 1 unspecified atom stereocenters. The molecule has 1 aliphatic rings. The zero-order valence-corrected chi connectivity index (χ0v) is 20.6. The molecule has 0 radical (unpaired) electrons. The van der Waals surface area contributed by atoms with Gasteiger partial charge in [0.1, 0.15) is 6.04 Å². The Hall–Kier alpha value is -3.46. The summed E-state index contributed by atoms with van der Waals surface area (Å²) < 4.78 is 7.07. The molecule has 178 valence electrons.